The van der Waals surface area contributed by atoms with Crippen molar-refractivity contribution >= 4 is 23.6 Å². The highest BCUT2D eigenvalue weighted by Crippen LogP contribution is 2.23. The van der Waals surface area contributed by atoms with E-state index in [0.717, 1.165) is 24.5 Å². The van der Waals surface area contributed by atoms with Crippen LogP contribution in [0.1, 0.15) is 26.5 Å². The molecule has 1 aromatic heterocycles. The Balaban J connectivity index is 0.00000151. The van der Waals surface area contributed by atoms with E-state index in [0.29, 0.717) is 6.29 Å². The number of amides is 1. The van der Waals surface area contributed by atoms with Crippen LogP contribution < -0.4 is 11.5 Å². The van der Waals surface area contributed by atoms with E-state index in [9.17, 15) is 29.8 Å². The van der Waals surface area contributed by atoms with E-state index in [4.69, 9.17) is 5.73 Å². The standard InChI is InChI=1S/C12H9N5O6.CH5N/c13-12(19)11-10(5-18)14-6-15(11)4-7-1-8(16(20)21)3-9(2-7)17(22)23;1-2/h1-3,5-6H,4H2,(H2,13,19);2H2,1H3. The third kappa shape index (κ3) is 4.42. The second-order valence-corrected chi connectivity index (χ2v) is 4.46. The van der Waals surface area contributed by atoms with Gasteiger partial charge < -0.3 is 16.0 Å². The number of aromatic nitrogens is 2. The number of imidazole rings is 1. The number of carbonyl (C=O) groups is 2. The molecular formula is C13H14N6O6. The molecule has 0 aliphatic carbocycles. The van der Waals surface area contributed by atoms with Gasteiger partial charge in [0.25, 0.3) is 17.3 Å². The molecule has 12 heteroatoms. The molecule has 0 saturated heterocycles. The molecule has 12 nitrogen and oxygen atoms in total. The lowest BCUT2D eigenvalue weighted by Crippen LogP contribution is -2.19. The molecule has 0 saturated carbocycles. The van der Waals surface area contributed by atoms with Crippen molar-refractivity contribution in [1.29, 1.82) is 0 Å². The van der Waals surface area contributed by atoms with Gasteiger partial charge in [-0.1, -0.05) is 0 Å². The molecule has 1 heterocycles. The largest absolute Gasteiger partial charge is 0.364 e. The number of primary amides is 1. The summed E-state index contributed by atoms with van der Waals surface area (Å²) in [6, 6.07) is 3.07. The van der Waals surface area contributed by atoms with Crippen molar-refractivity contribution in [3.8, 4) is 0 Å². The van der Waals surface area contributed by atoms with Crippen molar-refractivity contribution in [2.24, 2.45) is 11.5 Å². The minimum atomic E-state index is -0.912. The van der Waals surface area contributed by atoms with E-state index in [1.807, 2.05) is 0 Å². The topological polar surface area (TPSA) is 190 Å². The maximum Gasteiger partial charge on any atom is 0.276 e. The SMILES string of the molecule is CN.NC(=O)c1c(C=O)ncn1Cc1cc([N+](=O)[O-])cc([N+](=O)[O-])c1. The fourth-order valence-electron chi connectivity index (χ4n) is 2.03. The lowest BCUT2D eigenvalue weighted by Gasteiger charge is -2.06. The lowest BCUT2D eigenvalue weighted by molar-refractivity contribution is -0.394. The number of carbonyl (C=O) groups excluding carboxylic acids is 2. The molecule has 2 rings (SSSR count). The van der Waals surface area contributed by atoms with E-state index in [1.54, 1.807) is 0 Å². The highest BCUT2D eigenvalue weighted by molar-refractivity contribution is 5.98. The molecule has 0 fully saturated rings. The minimum Gasteiger partial charge on any atom is -0.364 e. The van der Waals surface area contributed by atoms with Crippen molar-refractivity contribution in [1.82, 2.24) is 9.55 Å². The van der Waals surface area contributed by atoms with Gasteiger partial charge in [-0.15, -0.1) is 0 Å². The number of hydrogen-bond acceptors (Lipinski definition) is 8. The molecule has 0 bridgehead atoms. The van der Waals surface area contributed by atoms with Crippen LogP contribution in [0.3, 0.4) is 0 Å². The molecule has 0 aliphatic rings. The molecule has 1 amide bonds. The Morgan fingerprint density at radius 1 is 1.20 bits per heavy atom. The van der Waals surface area contributed by atoms with Crippen molar-refractivity contribution in [2.45, 2.75) is 6.54 Å². The van der Waals surface area contributed by atoms with Crippen molar-refractivity contribution in [2.75, 3.05) is 7.05 Å². The average Bonchev–Trinajstić information content (AvgIpc) is 2.99. The molecule has 132 valence electrons. The van der Waals surface area contributed by atoms with E-state index < -0.39 is 27.1 Å². The van der Waals surface area contributed by atoms with Crippen LogP contribution in [-0.2, 0) is 6.54 Å². The number of hydrogen-bond donors (Lipinski definition) is 2. The first kappa shape index (κ1) is 19.4. The summed E-state index contributed by atoms with van der Waals surface area (Å²) in [5, 5.41) is 21.7. The van der Waals surface area contributed by atoms with Gasteiger partial charge in [-0.2, -0.15) is 0 Å². The van der Waals surface area contributed by atoms with Crippen LogP contribution in [0.5, 0.6) is 0 Å². The molecule has 0 radical (unpaired) electrons. The summed E-state index contributed by atoms with van der Waals surface area (Å²) in [4.78, 5) is 46.1. The summed E-state index contributed by atoms with van der Waals surface area (Å²) in [5.74, 6) is -0.912. The fraction of sp³-hybridized carbons (Fsp3) is 0.154. The molecule has 0 aliphatic heterocycles. The van der Waals surface area contributed by atoms with Gasteiger partial charge in [0.05, 0.1) is 22.2 Å². The summed E-state index contributed by atoms with van der Waals surface area (Å²) in [7, 11) is 1.50. The van der Waals surface area contributed by atoms with Crippen LogP contribution >= 0.6 is 0 Å². The van der Waals surface area contributed by atoms with Gasteiger partial charge in [0.15, 0.2) is 6.29 Å². The molecule has 25 heavy (non-hydrogen) atoms. The number of nitro groups is 2. The molecule has 2 aromatic rings. The number of nitrogens with zero attached hydrogens (tertiary/aromatic N) is 4. The highest BCUT2D eigenvalue weighted by Gasteiger charge is 2.19. The normalized spacial score (nSPS) is 9.68. The predicted octanol–water partition coefficient (Wildman–Crippen LogP) is 0.234. The average molecular weight is 350 g/mol. The minimum absolute atomic E-state index is 0.151. The van der Waals surface area contributed by atoms with Gasteiger partial charge in [-0.05, 0) is 12.6 Å². The van der Waals surface area contributed by atoms with E-state index in [-0.39, 0.29) is 23.5 Å². The van der Waals surface area contributed by atoms with Crippen molar-refractivity contribution < 1.29 is 19.4 Å². The number of aldehydes is 1. The maximum atomic E-state index is 11.4. The molecule has 1 aromatic carbocycles. The Kier molecular flexibility index (Phi) is 6.40. The van der Waals surface area contributed by atoms with E-state index in [2.05, 4.69) is 10.7 Å². The van der Waals surface area contributed by atoms with Crippen LogP contribution in [0.15, 0.2) is 24.5 Å². The third-order valence-corrected chi connectivity index (χ3v) is 2.95. The summed E-state index contributed by atoms with van der Waals surface area (Å²) >= 11 is 0. The number of nitrogens with two attached hydrogens (primary N) is 2. The predicted molar refractivity (Wildman–Crippen MR) is 85.1 cm³/mol. The number of rotatable bonds is 6. The zero-order valence-corrected chi connectivity index (χ0v) is 13.0. The number of non-ortho nitro benzene ring substituents is 2. The first-order chi connectivity index (χ1) is 11.8. The smallest absolute Gasteiger partial charge is 0.276 e. The Morgan fingerprint density at radius 3 is 2.12 bits per heavy atom. The molecule has 4 N–H and O–H groups in total. The zero-order chi connectivity index (χ0) is 19.1. The van der Waals surface area contributed by atoms with Crippen molar-refractivity contribution in [3.63, 3.8) is 0 Å². The van der Waals surface area contributed by atoms with Gasteiger partial charge in [-0.3, -0.25) is 29.8 Å². The van der Waals surface area contributed by atoms with Crippen LogP contribution in [0.2, 0.25) is 0 Å². The van der Waals surface area contributed by atoms with Gasteiger partial charge >= 0.3 is 0 Å². The van der Waals surface area contributed by atoms with Crippen molar-refractivity contribution in [3.05, 3.63) is 61.7 Å². The van der Waals surface area contributed by atoms with Gasteiger partial charge in [0, 0.05) is 18.7 Å². The third-order valence-electron chi connectivity index (χ3n) is 2.95. The lowest BCUT2D eigenvalue weighted by atomic mass is 10.1. The highest BCUT2D eigenvalue weighted by atomic mass is 16.6. The maximum absolute atomic E-state index is 11.4. The Labute approximate surface area is 140 Å². The Bertz CT molecular complexity index is 798. The van der Waals surface area contributed by atoms with Crippen LogP contribution in [0, 0.1) is 20.2 Å². The zero-order valence-electron chi connectivity index (χ0n) is 13.0. The van der Waals surface area contributed by atoms with Crippen LogP contribution in [0.4, 0.5) is 11.4 Å². The molecular weight excluding hydrogens is 336 g/mol. The van der Waals surface area contributed by atoms with E-state index >= 15 is 0 Å². The summed E-state index contributed by atoms with van der Waals surface area (Å²) < 4.78 is 1.19. The monoisotopic (exact) mass is 350 g/mol. The number of nitro benzene ring substituents is 2. The fourth-order valence-corrected chi connectivity index (χ4v) is 2.03. The summed E-state index contributed by atoms with van der Waals surface area (Å²) in [5.41, 5.74) is 8.55. The van der Waals surface area contributed by atoms with Crippen LogP contribution in [0.25, 0.3) is 0 Å². The first-order valence-electron chi connectivity index (χ1n) is 6.64. The van der Waals surface area contributed by atoms with Gasteiger partial charge in [-0.25, -0.2) is 4.98 Å². The molecule has 0 spiro atoms. The first-order valence-corrected chi connectivity index (χ1v) is 6.64. The number of benzene rings is 1. The van der Waals surface area contributed by atoms with Gasteiger partial charge in [0.2, 0.25) is 0 Å². The Hall–Kier alpha value is -3.67. The second kappa shape index (κ2) is 8.26. The van der Waals surface area contributed by atoms with Gasteiger partial charge in [0.1, 0.15) is 11.4 Å². The summed E-state index contributed by atoms with van der Waals surface area (Å²) in [6.45, 7) is -0.151. The summed E-state index contributed by atoms with van der Waals surface area (Å²) in [6.07, 6.45) is 1.49. The Morgan fingerprint density at radius 2 is 1.72 bits per heavy atom. The van der Waals surface area contributed by atoms with Crippen LogP contribution in [-0.4, -0.2) is 38.6 Å². The molecule has 0 unspecified atom stereocenters. The quantitative estimate of drug-likeness (QED) is 0.420. The van der Waals surface area contributed by atoms with E-state index in [1.165, 1.54) is 11.6 Å². The molecule has 0 atom stereocenters. The second-order valence-electron chi connectivity index (χ2n) is 4.46.